The highest BCUT2D eigenvalue weighted by atomic mass is 32.1. The molecule has 2 nitrogen and oxygen atoms in total. The van der Waals surface area contributed by atoms with Crippen molar-refractivity contribution in [1.29, 1.82) is 0 Å². The topological polar surface area (TPSA) is 18.5 Å². The van der Waals surface area contributed by atoms with Crippen LogP contribution in [0.2, 0.25) is 0 Å². The van der Waals surface area contributed by atoms with Gasteiger partial charge in [0.2, 0.25) is 0 Å². The van der Waals surface area contributed by atoms with Gasteiger partial charge in [-0.15, -0.1) is 11.3 Å². The summed E-state index contributed by atoms with van der Waals surface area (Å²) < 4.78 is 43.4. The van der Waals surface area contributed by atoms with Crippen LogP contribution in [0.15, 0.2) is 24.3 Å². The Kier molecular flexibility index (Phi) is 5.52. The molecule has 2 aromatic carbocycles. The molecule has 176 valence electrons. The molecule has 0 N–H and O–H groups in total. The molecule has 3 aromatic rings. The summed E-state index contributed by atoms with van der Waals surface area (Å²) in [5.74, 6) is 3.12. The van der Waals surface area contributed by atoms with Gasteiger partial charge in [0.05, 0.1) is 22.6 Å². The standard InChI is InChI=1S/C27H30F2O2S2/c1-15(13-32)12-30-21-4-2-19-20-3-5-22(24(29)26(20)33-25(19)23(21)28)31-14-27-9-16-6-17(10-27)8-18(7-16)11-27/h2-5,15-18,32H,6-14H2,1H3/t15-,16?,17?,18?,27?/m1/s1. The minimum atomic E-state index is -0.421. The van der Waals surface area contributed by atoms with E-state index in [4.69, 9.17) is 9.47 Å². The van der Waals surface area contributed by atoms with E-state index in [-0.39, 0.29) is 22.9 Å². The first-order valence-electron chi connectivity index (χ1n) is 12.1. The van der Waals surface area contributed by atoms with Gasteiger partial charge in [0.25, 0.3) is 0 Å². The molecule has 0 unspecified atom stereocenters. The summed E-state index contributed by atoms with van der Waals surface area (Å²) in [7, 11) is 0. The van der Waals surface area contributed by atoms with E-state index in [2.05, 4.69) is 12.6 Å². The lowest BCUT2D eigenvalue weighted by Gasteiger charge is -2.56. The van der Waals surface area contributed by atoms with Gasteiger partial charge in [-0.25, -0.2) is 8.78 Å². The van der Waals surface area contributed by atoms with Gasteiger partial charge in [-0.1, -0.05) is 6.92 Å². The summed E-state index contributed by atoms with van der Waals surface area (Å²) >= 11 is 5.40. The van der Waals surface area contributed by atoms with Crippen molar-refractivity contribution in [2.24, 2.45) is 29.1 Å². The predicted octanol–water partition coefficient (Wildman–Crippen LogP) is 7.87. The highest BCUT2D eigenvalue weighted by Gasteiger charge is 2.51. The van der Waals surface area contributed by atoms with Crippen molar-refractivity contribution in [3.05, 3.63) is 35.9 Å². The molecule has 0 amide bonds. The maximum absolute atomic E-state index is 15.5. The zero-order valence-electron chi connectivity index (χ0n) is 18.9. The number of hydrogen-bond donors (Lipinski definition) is 1. The lowest BCUT2D eigenvalue weighted by molar-refractivity contribution is -0.0749. The monoisotopic (exact) mass is 488 g/mol. The Labute approximate surface area is 203 Å². The number of benzene rings is 2. The van der Waals surface area contributed by atoms with Crippen molar-refractivity contribution >= 4 is 44.1 Å². The minimum Gasteiger partial charge on any atom is -0.490 e. The van der Waals surface area contributed by atoms with E-state index < -0.39 is 5.82 Å². The molecule has 7 rings (SSSR count). The summed E-state index contributed by atoms with van der Waals surface area (Å²) in [6.07, 6.45) is 7.83. The number of thiophene rings is 1. The van der Waals surface area contributed by atoms with Gasteiger partial charge in [-0.3, -0.25) is 0 Å². The van der Waals surface area contributed by atoms with Crippen LogP contribution in [0.3, 0.4) is 0 Å². The summed E-state index contributed by atoms with van der Waals surface area (Å²) in [5, 5.41) is 1.44. The number of ether oxygens (including phenoxy) is 2. The molecular weight excluding hydrogens is 458 g/mol. The first-order chi connectivity index (χ1) is 15.9. The normalized spacial score (nSPS) is 29.2. The molecule has 4 bridgehead atoms. The molecule has 1 heterocycles. The average molecular weight is 489 g/mol. The summed E-state index contributed by atoms with van der Waals surface area (Å²) in [4.78, 5) is 0. The molecular formula is C27H30F2O2S2. The second-order valence-electron chi connectivity index (χ2n) is 10.9. The first kappa shape index (κ1) is 22.0. The Morgan fingerprint density at radius 3 is 1.94 bits per heavy atom. The zero-order chi connectivity index (χ0) is 22.7. The number of thiol groups is 1. The van der Waals surface area contributed by atoms with E-state index in [0.29, 0.717) is 39.5 Å². The van der Waals surface area contributed by atoms with Gasteiger partial charge in [-0.2, -0.15) is 12.6 Å². The van der Waals surface area contributed by atoms with Gasteiger partial charge in [0.1, 0.15) is 0 Å². The van der Waals surface area contributed by atoms with Gasteiger partial charge >= 0.3 is 0 Å². The van der Waals surface area contributed by atoms with Crippen molar-refractivity contribution in [2.75, 3.05) is 19.0 Å². The van der Waals surface area contributed by atoms with Crippen molar-refractivity contribution in [3.8, 4) is 11.5 Å². The van der Waals surface area contributed by atoms with E-state index in [1.807, 2.05) is 19.1 Å². The second-order valence-corrected chi connectivity index (χ2v) is 12.3. The molecule has 0 spiro atoms. The number of rotatable bonds is 7. The van der Waals surface area contributed by atoms with Crippen LogP contribution in [0.4, 0.5) is 8.78 Å². The molecule has 4 aliphatic carbocycles. The quantitative estimate of drug-likeness (QED) is 0.341. The molecule has 4 saturated carbocycles. The lowest BCUT2D eigenvalue weighted by atomic mass is 9.50. The zero-order valence-corrected chi connectivity index (χ0v) is 20.6. The Balaban J connectivity index is 1.27. The van der Waals surface area contributed by atoms with Crippen LogP contribution < -0.4 is 9.47 Å². The van der Waals surface area contributed by atoms with Gasteiger partial charge in [-0.05, 0) is 92.2 Å². The Morgan fingerprint density at radius 2 is 1.42 bits per heavy atom. The number of halogens is 2. The Bertz CT molecular complexity index is 1170. The van der Waals surface area contributed by atoms with Crippen molar-refractivity contribution in [2.45, 2.75) is 45.4 Å². The SMILES string of the molecule is C[C@@H](CS)COc1ccc2c(sc3c(F)c(OCC45CC6CC(CC(C6)C4)C5)ccc32)c1F. The van der Waals surface area contributed by atoms with E-state index in [9.17, 15) is 0 Å². The van der Waals surface area contributed by atoms with Crippen LogP contribution in [0.1, 0.15) is 45.4 Å². The third-order valence-corrected chi connectivity index (χ3v) is 9.98. The van der Waals surface area contributed by atoms with E-state index >= 15 is 8.78 Å². The van der Waals surface area contributed by atoms with Gasteiger partial charge in [0.15, 0.2) is 23.1 Å². The molecule has 33 heavy (non-hydrogen) atoms. The summed E-state index contributed by atoms with van der Waals surface area (Å²) in [6.45, 7) is 3.00. The van der Waals surface area contributed by atoms with Crippen LogP contribution in [0.25, 0.3) is 20.2 Å². The maximum Gasteiger partial charge on any atom is 0.182 e. The Hall–Kier alpha value is -1.53. The Morgan fingerprint density at radius 1 is 0.909 bits per heavy atom. The third kappa shape index (κ3) is 3.81. The molecule has 1 atom stereocenters. The molecule has 4 aliphatic rings. The van der Waals surface area contributed by atoms with Crippen molar-refractivity contribution < 1.29 is 18.3 Å². The summed E-state index contributed by atoms with van der Waals surface area (Å²) in [5.41, 5.74) is 0.221. The van der Waals surface area contributed by atoms with Crippen molar-refractivity contribution in [3.63, 3.8) is 0 Å². The first-order valence-corrected chi connectivity index (χ1v) is 13.6. The second kappa shape index (κ2) is 8.30. The van der Waals surface area contributed by atoms with E-state index in [1.54, 1.807) is 12.1 Å². The minimum absolute atomic E-state index is 0.210. The predicted molar refractivity (Wildman–Crippen MR) is 134 cm³/mol. The van der Waals surface area contributed by atoms with Gasteiger partial charge < -0.3 is 9.47 Å². The van der Waals surface area contributed by atoms with Crippen LogP contribution in [0, 0.1) is 40.7 Å². The smallest absolute Gasteiger partial charge is 0.182 e. The highest BCUT2D eigenvalue weighted by Crippen LogP contribution is 2.60. The largest absolute Gasteiger partial charge is 0.490 e. The molecule has 6 heteroatoms. The van der Waals surface area contributed by atoms with Crippen LogP contribution >= 0.6 is 24.0 Å². The van der Waals surface area contributed by atoms with Gasteiger partial charge in [0, 0.05) is 16.2 Å². The van der Waals surface area contributed by atoms with Crippen LogP contribution in [-0.2, 0) is 0 Å². The molecule has 0 saturated heterocycles. The average Bonchev–Trinajstić information content (AvgIpc) is 3.17. The molecule has 1 aromatic heterocycles. The fourth-order valence-electron chi connectivity index (χ4n) is 7.01. The fourth-order valence-corrected chi connectivity index (χ4v) is 8.27. The third-order valence-electron chi connectivity index (χ3n) is 8.15. The lowest BCUT2D eigenvalue weighted by Crippen LogP contribution is -2.48. The van der Waals surface area contributed by atoms with Crippen LogP contribution in [0.5, 0.6) is 11.5 Å². The maximum atomic E-state index is 15.5. The molecule has 0 radical (unpaired) electrons. The van der Waals surface area contributed by atoms with Crippen LogP contribution in [-0.4, -0.2) is 19.0 Å². The fraction of sp³-hybridized carbons (Fsp3) is 0.556. The van der Waals surface area contributed by atoms with Crippen molar-refractivity contribution in [1.82, 2.24) is 0 Å². The number of fused-ring (bicyclic) bond motifs is 3. The van der Waals surface area contributed by atoms with E-state index in [1.165, 1.54) is 38.5 Å². The molecule has 4 fully saturated rings. The van der Waals surface area contributed by atoms with E-state index in [0.717, 1.165) is 34.5 Å². The summed E-state index contributed by atoms with van der Waals surface area (Å²) in [6, 6.07) is 7.06. The molecule has 0 aliphatic heterocycles. The highest BCUT2D eigenvalue weighted by molar-refractivity contribution is 7.80. The number of hydrogen-bond acceptors (Lipinski definition) is 4.